The Balaban J connectivity index is 1.51. The molecule has 0 saturated carbocycles. The predicted octanol–water partition coefficient (Wildman–Crippen LogP) is 3.13. The number of benzene rings is 2. The Morgan fingerprint density at radius 2 is 1.93 bits per heavy atom. The number of ether oxygens (including phenoxy) is 1. The Labute approximate surface area is 170 Å². The van der Waals surface area contributed by atoms with E-state index < -0.39 is 15.8 Å². The van der Waals surface area contributed by atoms with Gasteiger partial charge in [-0.05, 0) is 24.3 Å². The molecular weight excluding hydrogens is 415 g/mol. The van der Waals surface area contributed by atoms with Gasteiger partial charge in [-0.15, -0.1) is 16.4 Å². The Bertz CT molecular complexity index is 1270. The number of para-hydroxylation sites is 1. The van der Waals surface area contributed by atoms with Gasteiger partial charge in [0, 0.05) is 18.3 Å². The summed E-state index contributed by atoms with van der Waals surface area (Å²) >= 11 is 1.37. The van der Waals surface area contributed by atoms with E-state index >= 15 is 0 Å². The van der Waals surface area contributed by atoms with Crippen molar-refractivity contribution in [2.24, 2.45) is 0 Å². The highest BCUT2D eigenvalue weighted by Gasteiger charge is 2.19. The van der Waals surface area contributed by atoms with E-state index in [0.29, 0.717) is 22.8 Å². The van der Waals surface area contributed by atoms with E-state index in [-0.39, 0.29) is 17.2 Å². The highest BCUT2D eigenvalue weighted by Crippen LogP contribution is 2.24. The second kappa shape index (κ2) is 7.90. The first-order valence-electron chi connectivity index (χ1n) is 8.70. The van der Waals surface area contributed by atoms with Crippen LogP contribution in [0.2, 0.25) is 0 Å². The first-order chi connectivity index (χ1) is 14.0. The molecule has 0 amide bonds. The van der Waals surface area contributed by atoms with Crippen LogP contribution in [0.5, 0.6) is 5.75 Å². The molecule has 2 aromatic carbocycles. The van der Waals surface area contributed by atoms with Gasteiger partial charge in [0.05, 0.1) is 18.4 Å². The average molecular weight is 433 g/mol. The van der Waals surface area contributed by atoms with Gasteiger partial charge in [0.2, 0.25) is 15.0 Å². The maximum absolute atomic E-state index is 14.0. The lowest BCUT2D eigenvalue weighted by atomic mass is 10.2. The van der Waals surface area contributed by atoms with E-state index in [0.717, 1.165) is 5.69 Å². The summed E-state index contributed by atoms with van der Waals surface area (Å²) in [6.45, 7) is 0.168. The summed E-state index contributed by atoms with van der Waals surface area (Å²) in [5.41, 5.74) is 1.11. The van der Waals surface area contributed by atoms with Crippen LogP contribution in [0.15, 0.2) is 58.8 Å². The second-order valence-electron chi connectivity index (χ2n) is 6.14. The van der Waals surface area contributed by atoms with Crippen LogP contribution in [-0.4, -0.2) is 36.7 Å². The Hall–Kier alpha value is -2.82. The minimum atomic E-state index is -3.72. The molecule has 0 saturated heterocycles. The zero-order chi connectivity index (χ0) is 20.4. The van der Waals surface area contributed by atoms with Gasteiger partial charge in [-0.1, -0.05) is 24.3 Å². The summed E-state index contributed by atoms with van der Waals surface area (Å²) in [5, 5.41) is 6.24. The predicted molar refractivity (Wildman–Crippen MR) is 108 cm³/mol. The summed E-state index contributed by atoms with van der Waals surface area (Å²) in [4.78, 5) is 5.07. The lowest BCUT2D eigenvalue weighted by molar-refractivity contribution is 0.402. The van der Waals surface area contributed by atoms with Crippen LogP contribution in [0.4, 0.5) is 4.39 Å². The fourth-order valence-electron chi connectivity index (χ4n) is 2.89. The topological polar surface area (TPSA) is 85.6 Å². The molecule has 2 aromatic heterocycles. The normalized spacial score (nSPS) is 11.8. The van der Waals surface area contributed by atoms with Gasteiger partial charge in [-0.2, -0.15) is 4.98 Å². The van der Waals surface area contributed by atoms with Crippen molar-refractivity contribution < 1.29 is 17.5 Å². The van der Waals surface area contributed by atoms with Gasteiger partial charge in [-0.3, -0.25) is 0 Å². The molecule has 0 radical (unpaired) electrons. The van der Waals surface area contributed by atoms with Crippen LogP contribution in [0.3, 0.4) is 0 Å². The summed E-state index contributed by atoms with van der Waals surface area (Å²) in [5.74, 6) is 0.186. The van der Waals surface area contributed by atoms with Gasteiger partial charge in [0.25, 0.3) is 0 Å². The van der Waals surface area contributed by atoms with Crippen LogP contribution >= 0.6 is 11.3 Å². The number of nitrogens with zero attached hydrogens (tertiary/aromatic N) is 3. The van der Waals surface area contributed by atoms with Crippen molar-refractivity contribution in [3.63, 3.8) is 0 Å². The average Bonchev–Trinajstić information content (AvgIpc) is 3.30. The molecule has 0 bridgehead atoms. The molecule has 4 aromatic rings. The Morgan fingerprint density at radius 1 is 1.17 bits per heavy atom. The maximum atomic E-state index is 14.0. The number of hydrogen-bond donors (Lipinski definition) is 1. The molecule has 0 fully saturated rings. The van der Waals surface area contributed by atoms with E-state index in [1.54, 1.807) is 40.9 Å². The van der Waals surface area contributed by atoms with E-state index in [1.807, 2.05) is 5.38 Å². The molecular formula is C19H17FN4O3S2. The molecule has 1 N–H and O–H groups in total. The number of hydrogen-bond acceptors (Lipinski definition) is 6. The van der Waals surface area contributed by atoms with Gasteiger partial charge in [0.15, 0.2) is 5.82 Å². The number of thiazole rings is 1. The second-order valence-corrected chi connectivity index (χ2v) is 8.71. The van der Waals surface area contributed by atoms with Gasteiger partial charge in [-0.25, -0.2) is 22.0 Å². The zero-order valence-corrected chi connectivity index (χ0v) is 17.0. The molecule has 0 unspecified atom stereocenters. The van der Waals surface area contributed by atoms with E-state index in [1.165, 1.54) is 30.6 Å². The minimum Gasteiger partial charge on any atom is -0.495 e. The molecule has 10 heteroatoms. The highest BCUT2D eigenvalue weighted by atomic mass is 32.2. The third-order valence-corrected chi connectivity index (χ3v) is 6.66. The van der Waals surface area contributed by atoms with Crippen molar-refractivity contribution in [2.45, 2.75) is 11.3 Å². The van der Waals surface area contributed by atoms with Crippen molar-refractivity contribution in [3.8, 4) is 17.1 Å². The van der Waals surface area contributed by atoms with E-state index in [9.17, 15) is 12.8 Å². The van der Waals surface area contributed by atoms with Crippen molar-refractivity contribution in [3.05, 3.63) is 65.4 Å². The molecule has 150 valence electrons. The first kappa shape index (κ1) is 19.5. The SMILES string of the molecule is COc1ccccc1S(=O)(=O)NCCc1csc2nc(-c3ccccc3F)nn12. The third-order valence-electron chi connectivity index (χ3n) is 4.30. The van der Waals surface area contributed by atoms with Crippen LogP contribution < -0.4 is 9.46 Å². The van der Waals surface area contributed by atoms with Crippen LogP contribution in [0.1, 0.15) is 5.69 Å². The number of fused-ring (bicyclic) bond motifs is 1. The van der Waals surface area contributed by atoms with Gasteiger partial charge >= 0.3 is 0 Å². The molecule has 0 spiro atoms. The smallest absolute Gasteiger partial charge is 0.244 e. The molecule has 2 heterocycles. The molecule has 4 rings (SSSR count). The summed E-state index contributed by atoms with van der Waals surface area (Å²) in [7, 11) is -2.29. The Kier molecular flexibility index (Phi) is 5.31. The highest BCUT2D eigenvalue weighted by molar-refractivity contribution is 7.89. The molecule has 7 nitrogen and oxygen atoms in total. The van der Waals surface area contributed by atoms with Crippen molar-refractivity contribution in [1.82, 2.24) is 19.3 Å². The van der Waals surface area contributed by atoms with E-state index in [2.05, 4.69) is 14.8 Å². The number of halogens is 1. The zero-order valence-electron chi connectivity index (χ0n) is 15.4. The fraction of sp³-hybridized carbons (Fsp3) is 0.158. The Morgan fingerprint density at radius 3 is 2.72 bits per heavy atom. The van der Waals surface area contributed by atoms with Crippen molar-refractivity contribution >= 4 is 26.3 Å². The molecule has 0 atom stereocenters. The molecule has 0 aliphatic heterocycles. The summed E-state index contributed by atoms with van der Waals surface area (Å²) in [6, 6.07) is 12.7. The van der Waals surface area contributed by atoms with Crippen LogP contribution in [-0.2, 0) is 16.4 Å². The fourth-order valence-corrected chi connectivity index (χ4v) is 4.94. The number of methoxy groups -OCH3 is 1. The molecule has 0 aliphatic rings. The van der Waals surface area contributed by atoms with Gasteiger partial charge in [0.1, 0.15) is 16.5 Å². The minimum absolute atomic E-state index is 0.0839. The van der Waals surface area contributed by atoms with E-state index in [4.69, 9.17) is 4.74 Å². The third kappa shape index (κ3) is 3.86. The quantitative estimate of drug-likeness (QED) is 0.485. The number of rotatable bonds is 7. The number of nitrogens with one attached hydrogen (secondary N) is 1. The summed E-state index contributed by atoms with van der Waals surface area (Å²) in [6.07, 6.45) is 0.397. The van der Waals surface area contributed by atoms with Crippen molar-refractivity contribution in [2.75, 3.05) is 13.7 Å². The van der Waals surface area contributed by atoms with Crippen molar-refractivity contribution in [1.29, 1.82) is 0 Å². The lowest BCUT2D eigenvalue weighted by Crippen LogP contribution is -2.26. The monoisotopic (exact) mass is 432 g/mol. The maximum Gasteiger partial charge on any atom is 0.244 e. The van der Waals surface area contributed by atoms with Crippen LogP contribution in [0, 0.1) is 5.82 Å². The number of aromatic nitrogens is 3. The standard InChI is InChI=1S/C19H17FN4O3S2/c1-27-16-8-4-5-9-17(16)29(25,26)21-11-10-13-12-28-19-22-18(23-24(13)19)14-6-2-3-7-15(14)20/h2-9,12,21H,10-11H2,1H3. The molecule has 29 heavy (non-hydrogen) atoms. The largest absolute Gasteiger partial charge is 0.495 e. The lowest BCUT2D eigenvalue weighted by Gasteiger charge is -2.10. The summed E-state index contributed by atoms with van der Waals surface area (Å²) < 4.78 is 48.4. The number of sulfonamides is 1. The molecule has 0 aliphatic carbocycles. The van der Waals surface area contributed by atoms with Gasteiger partial charge < -0.3 is 4.74 Å². The van der Waals surface area contributed by atoms with Crippen LogP contribution in [0.25, 0.3) is 16.3 Å². The first-order valence-corrected chi connectivity index (χ1v) is 11.1.